The molecule has 2 N–H and O–H groups in total. The van der Waals surface area contributed by atoms with Gasteiger partial charge < -0.3 is 9.84 Å². The third-order valence-electron chi connectivity index (χ3n) is 4.32. The van der Waals surface area contributed by atoms with Crippen LogP contribution in [-0.2, 0) is 21.2 Å². The fraction of sp³-hybridized carbons (Fsp3) is 0.286. The Bertz CT molecular complexity index is 1140. The van der Waals surface area contributed by atoms with Gasteiger partial charge >= 0.3 is 0 Å². The zero-order chi connectivity index (χ0) is 22.4. The average Bonchev–Trinajstić information content (AvgIpc) is 3.17. The van der Waals surface area contributed by atoms with Crippen LogP contribution in [0.3, 0.4) is 0 Å². The number of hydrogen-bond donors (Lipinski definition) is 2. The smallest absolute Gasteiger partial charge is 0.261 e. The summed E-state index contributed by atoms with van der Waals surface area (Å²) in [4.78, 5) is 16.4. The van der Waals surface area contributed by atoms with E-state index in [1.165, 1.54) is 42.5 Å². The Labute approximate surface area is 179 Å². The fourth-order valence-electron chi connectivity index (χ4n) is 2.71. The summed E-state index contributed by atoms with van der Waals surface area (Å²) < 4.78 is 45.6. The number of carbonyl (C=O) groups is 1. The summed E-state index contributed by atoms with van der Waals surface area (Å²) in [5, 5.41) is 6.60. The van der Waals surface area contributed by atoms with Gasteiger partial charge in [-0.3, -0.25) is 9.52 Å². The number of amides is 1. The number of hydrogen-bond acceptors (Lipinski definition) is 6. The number of nitrogens with one attached hydrogen (secondary N) is 2. The van der Waals surface area contributed by atoms with Crippen LogP contribution < -0.4 is 10.0 Å². The first-order chi connectivity index (χ1) is 14.7. The standard InChI is InChI=1S/C21H23FN4O4S/c1-14(2)21-24-20(30-25-21)8-4-7-19(27)23-16-9-11-18(12-10-16)31(28,29)26-17-6-3-5-15(22)13-17/h3,5-6,9-14,26H,4,7-8H2,1-2H3,(H,23,27). The molecule has 8 nitrogen and oxygen atoms in total. The summed E-state index contributed by atoms with van der Waals surface area (Å²) in [6.07, 6.45) is 1.28. The van der Waals surface area contributed by atoms with Crippen molar-refractivity contribution >= 4 is 27.3 Å². The minimum Gasteiger partial charge on any atom is -0.339 e. The highest BCUT2D eigenvalue weighted by molar-refractivity contribution is 7.92. The van der Waals surface area contributed by atoms with Crippen LogP contribution in [0.4, 0.5) is 15.8 Å². The summed E-state index contributed by atoms with van der Waals surface area (Å²) >= 11 is 0. The molecule has 0 aliphatic heterocycles. The van der Waals surface area contributed by atoms with Gasteiger partial charge in [0.05, 0.1) is 10.6 Å². The summed E-state index contributed by atoms with van der Waals surface area (Å²) in [6.45, 7) is 3.94. The molecule has 1 heterocycles. The molecule has 0 fully saturated rings. The van der Waals surface area contributed by atoms with E-state index in [0.29, 0.717) is 30.2 Å². The zero-order valence-corrected chi connectivity index (χ0v) is 17.9. The van der Waals surface area contributed by atoms with Crippen LogP contribution in [0, 0.1) is 5.82 Å². The summed E-state index contributed by atoms with van der Waals surface area (Å²) in [5.74, 6) is 0.560. The molecule has 0 unspecified atom stereocenters. The highest BCUT2D eigenvalue weighted by atomic mass is 32.2. The monoisotopic (exact) mass is 446 g/mol. The molecule has 164 valence electrons. The number of aryl methyl sites for hydroxylation is 1. The van der Waals surface area contributed by atoms with Crippen LogP contribution >= 0.6 is 0 Å². The lowest BCUT2D eigenvalue weighted by atomic mass is 10.2. The maximum atomic E-state index is 13.3. The molecule has 1 amide bonds. The fourth-order valence-corrected chi connectivity index (χ4v) is 3.76. The number of anilines is 2. The van der Waals surface area contributed by atoms with E-state index in [-0.39, 0.29) is 28.8 Å². The van der Waals surface area contributed by atoms with E-state index in [9.17, 15) is 17.6 Å². The molecule has 0 radical (unpaired) electrons. The Morgan fingerprint density at radius 3 is 2.52 bits per heavy atom. The molecule has 0 aliphatic carbocycles. The van der Waals surface area contributed by atoms with Gasteiger partial charge in [-0.05, 0) is 48.9 Å². The number of halogens is 1. The summed E-state index contributed by atoms with van der Waals surface area (Å²) in [7, 11) is -3.88. The summed E-state index contributed by atoms with van der Waals surface area (Å²) in [5.41, 5.74) is 0.591. The van der Waals surface area contributed by atoms with Gasteiger partial charge in [0.1, 0.15) is 5.82 Å². The van der Waals surface area contributed by atoms with Crippen molar-refractivity contribution in [2.45, 2.75) is 43.9 Å². The minimum atomic E-state index is -3.88. The zero-order valence-electron chi connectivity index (χ0n) is 17.1. The van der Waals surface area contributed by atoms with Crippen molar-refractivity contribution in [1.29, 1.82) is 0 Å². The highest BCUT2D eigenvalue weighted by Gasteiger charge is 2.15. The molecule has 3 aromatic rings. The van der Waals surface area contributed by atoms with Crippen LogP contribution in [0.5, 0.6) is 0 Å². The number of carbonyl (C=O) groups excluding carboxylic acids is 1. The van der Waals surface area contributed by atoms with Crippen molar-refractivity contribution in [2.24, 2.45) is 0 Å². The van der Waals surface area contributed by atoms with Crippen molar-refractivity contribution in [1.82, 2.24) is 10.1 Å². The van der Waals surface area contributed by atoms with Gasteiger partial charge in [0.25, 0.3) is 10.0 Å². The first-order valence-electron chi connectivity index (χ1n) is 9.74. The number of benzene rings is 2. The number of sulfonamides is 1. The van der Waals surface area contributed by atoms with Crippen molar-refractivity contribution in [3.05, 3.63) is 66.1 Å². The van der Waals surface area contributed by atoms with Gasteiger partial charge in [0.15, 0.2) is 5.82 Å². The van der Waals surface area contributed by atoms with E-state index in [0.717, 1.165) is 6.07 Å². The molecule has 2 aromatic carbocycles. The highest BCUT2D eigenvalue weighted by Crippen LogP contribution is 2.19. The molecule has 3 rings (SSSR count). The molecular weight excluding hydrogens is 423 g/mol. The van der Waals surface area contributed by atoms with Crippen molar-refractivity contribution in [3.8, 4) is 0 Å². The maximum Gasteiger partial charge on any atom is 0.261 e. The molecular formula is C21H23FN4O4S. The Morgan fingerprint density at radius 1 is 1.13 bits per heavy atom. The van der Waals surface area contributed by atoms with E-state index < -0.39 is 15.8 Å². The number of aromatic nitrogens is 2. The van der Waals surface area contributed by atoms with Crippen LogP contribution in [0.1, 0.15) is 44.3 Å². The second-order valence-corrected chi connectivity index (χ2v) is 8.93. The van der Waals surface area contributed by atoms with Crippen LogP contribution in [0.2, 0.25) is 0 Å². The molecule has 0 aliphatic rings. The number of nitrogens with zero attached hydrogens (tertiary/aromatic N) is 2. The molecule has 0 atom stereocenters. The van der Waals surface area contributed by atoms with Crippen LogP contribution in [0.25, 0.3) is 0 Å². The van der Waals surface area contributed by atoms with Gasteiger partial charge in [-0.1, -0.05) is 25.1 Å². The number of rotatable bonds is 9. The third-order valence-corrected chi connectivity index (χ3v) is 5.72. The Morgan fingerprint density at radius 2 is 1.87 bits per heavy atom. The first kappa shape index (κ1) is 22.4. The quantitative estimate of drug-likeness (QED) is 0.512. The normalized spacial score (nSPS) is 11.5. The van der Waals surface area contributed by atoms with E-state index in [1.54, 1.807) is 0 Å². The lowest BCUT2D eigenvalue weighted by Crippen LogP contribution is -2.14. The largest absolute Gasteiger partial charge is 0.339 e. The molecule has 10 heteroatoms. The summed E-state index contributed by atoms with van der Waals surface area (Å²) in [6, 6.07) is 10.9. The Balaban J connectivity index is 1.51. The second-order valence-electron chi connectivity index (χ2n) is 7.24. The SMILES string of the molecule is CC(C)c1noc(CCCC(=O)Nc2ccc(S(=O)(=O)Nc3cccc(F)c3)cc2)n1. The van der Waals surface area contributed by atoms with Crippen molar-refractivity contribution < 1.29 is 22.1 Å². The van der Waals surface area contributed by atoms with E-state index in [2.05, 4.69) is 20.2 Å². The van der Waals surface area contributed by atoms with E-state index >= 15 is 0 Å². The Kier molecular flexibility index (Phi) is 7.01. The van der Waals surface area contributed by atoms with E-state index in [4.69, 9.17) is 4.52 Å². The van der Waals surface area contributed by atoms with Gasteiger partial charge in [-0.15, -0.1) is 0 Å². The molecule has 0 spiro atoms. The van der Waals surface area contributed by atoms with Crippen molar-refractivity contribution in [3.63, 3.8) is 0 Å². The maximum absolute atomic E-state index is 13.3. The minimum absolute atomic E-state index is 0.00730. The second kappa shape index (κ2) is 9.69. The third kappa shape index (κ3) is 6.35. The lowest BCUT2D eigenvalue weighted by molar-refractivity contribution is -0.116. The first-order valence-corrected chi connectivity index (χ1v) is 11.2. The molecule has 0 saturated heterocycles. The predicted molar refractivity (Wildman–Crippen MR) is 114 cm³/mol. The molecule has 1 aromatic heterocycles. The average molecular weight is 447 g/mol. The van der Waals surface area contributed by atoms with Crippen LogP contribution in [0.15, 0.2) is 57.9 Å². The van der Waals surface area contributed by atoms with Gasteiger partial charge in [-0.2, -0.15) is 4.98 Å². The predicted octanol–water partition coefficient (Wildman–Crippen LogP) is 4.09. The topological polar surface area (TPSA) is 114 Å². The Hall–Kier alpha value is -3.27. The van der Waals surface area contributed by atoms with Crippen LogP contribution in [-0.4, -0.2) is 24.5 Å². The lowest BCUT2D eigenvalue weighted by Gasteiger charge is -2.09. The van der Waals surface area contributed by atoms with E-state index in [1.807, 2.05) is 13.8 Å². The van der Waals surface area contributed by atoms with Gasteiger partial charge in [0, 0.05) is 24.4 Å². The van der Waals surface area contributed by atoms with Gasteiger partial charge in [0.2, 0.25) is 11.8 Å². The molecule has 31 heavy (non-hydrogen) atoms. The van der Waals surface area contributed by atoms with Crippen molar-refractivity contribution in [2.75, 3.05) is 10.0 Å². The molecule has 0 bridgehead atoms. The van der Waals surface area contributed by atoms with Gasteiger partial charge in [-0.25, -0.2) is 12.8 Å². The molecule has 0 saturated carbocycles.